The molecule has 1 aromatic heterocycles. The van der Waals surface area contributed by atoms with Gasteiger partial charge in [0, 0.05) is 30.1 Å². The number of carbonyl (C=O) groups excluding carboxylic acids is 3. The van der Waals surface area contributed by atoms with Crippen LogP contribution in [0.4, 0.5) is 0 Å². The van der Waals surface area contributed by atoms with Crippen LogP contribution in [0.5, 0.6) is 5.75 Å². The zero-order chi connectivity index (χ0) is 32.2. The molecule has 13 N–H and O–H groups in total. The maximum Gasteiger partial charge on any atom is 0.328 e. The van der Waals surface area contributed by atoms with Gasteiger partial charge in [0.2, 0.25) is 17.7 Å². The maximum atomic E-state index is 13.6. The Labute approximate surface area is 252 Å². The van der Waals surface area contributed by atoms with Gasteiger partial charge in [-0.3, -0.25) is 19.4 Å². The lowest BCUT2D eigenvalue weighted by molar-refractivity contribution is -0.143. The zero-order valence-corrected chi connectivity index (χ0v) is 23.9. The third kappa shape index (κ3) is 9.71. The van der Waals surface area contributed by atoms with E-state index in [-0.39, 0.29) is 43.9 Å². The van der Waals surface area contributed by atoms with Gasteiger partial charge in [0.05, 0.1) is 12.6 Å². The number of nitrogens with two attached hydrogens (primary N) is 3. The second kappa shape index (κ2) is 15.9. The van der Waals surface area contributed by atoms with E-state index in [4.69, 9.17) is 17.2 Å². The van der Waals surface area contributed by atoms with E-state index in [0.717, 1.165) is 10.9 Å². The number of nitrogens with zero attached hydrogens (tertiary/aromatic N) is 1. The first-order chi connectivity index (χ1) is 21.0. The normalized spacial score (nSPS) is 13.7. The Kier molecular flexibility index (Phi) is 12.1. The zero-order valence-electron chi connectivity index (χ0n) is 23.9. The van der Waals surface area contributed by atoms with Gasteiger partial charge in [-0.15, -0.1) is 0 Å². The number of phenolic OH excluding ortho intramolecular Hbond substituents is 1. The molecule has 44 heavy (non-hydrogen) atoms. The number of phenols is 1. The molecule has 0 aliphatic rings. The van der Waals surface area contributed by atoms with E-state index >= 15 is 0 Å². The van der Waals surface area contributed by atoms with Crippen molar-refractivity contribution in [3.8, 4) is 5.75 Å². The number of rotatable bonds is 16. The molecule has 0 aliphatic carbocycles. The number of hydrogen-bond acceptors (Lipinski definition) is 8. The Morgan fingerprint density at radius 3 is 2.16 bits per heavy atom. The standard InChI is InChI=1S/C29H38N8O7/c30-20(12-16-7-9-18(39)10-8-16)25(40)35-22(6-3-11-33-29(31)32)26(41)36-23(27(42)37-24(15-38)28(43)44)13-17-14-34-21-5-2-1-4-19(17)21/h1-2,4-5,7-10,14,20,22-24,34,38-39H,3,6,11-13,15,30H2,(H,35,40)(H,36,41)(H,37,42)(H,43,44)(H4,31,32,33). The van der Waals surface area contributed by atoms with Crippen LogP contribution >= 0.6 is 0 Å². The van der Waals surface area contributed by atoms with Crippen molar-refractivity contribution in [2.45, 2.75) is 49.9 Å². The molecule has 2 aromatic carbocycles. The number of nitrogens with one attached hydrogen (secondary N) is 4. The molecule has 0 saturated heterocycles. The summed E-state index contributed by atoms with van der Waals surface area (Å²) >= 11 is 0. The number of H-pyrrole nitrogens is 1. The number of aliphatic hydroxyl groups is 1. The minimum absolute atomic E-state index is 0.0333. The number of benzene rings is 2. The highest BCUT2D eigenvalue weighted by atomic mass is 16.4. The largest absolute Gasteiger partial charge is 0.508 e. The highest BCUT2D eigenvalue weighted by molar-refractivity contribution is 5.95. The van der Waals surface area contributed by atoms with Crippen molar-refractivity contribution in [1.82, 2.24) is 20.9 Å². The van der Waals surface area contributed by atoms with E-state index in [0.29, 0.717) is 11.1 Å². The number of hydrogen-bond donors (Lipinski definition) is 10. The molecule has 0 radical (unpaired) electrons. The predicted molar refractivity (Wildman–Crippen MR) is 162 cm³/mol. The van der Waals surface area contributed by atoms with Crippen molar-refractivity contribution in [3.63, 3.8) is 0 Å². The highest BCUT2D eigenvalue weighted by Crippen LogP contribution is 2.19. The summed E-state index contributed by atoms with van der Waals surface area (Å²) in [6, 6.07) is 8.38. The van der Waals surface area contributed by atoms with Crippen molar-refractivity contribution < 1.29 is 34.5 Å². The fourth-order valence-corrected chi connectivity index (χ4v) is 4.49. The number of aromatic hydroxyl groups is 1. The molecule has 3 aromatic rings. The van der Waals surface area contributed by atoms with E-state index in [1.54, 1.807) is 18.3 Å². The first kappa shape index (κ1) is 33.4. The Morgan fingerprint density at radius 1 is 0.864 bits per heavy atom. The van der Waals surface area contributed by atoms with Crippen LogP contribution in [0.1, 0.15) is 24.0 Å². The summed E-state index contributed by atoms with van der Waals surface area (Å²) in [6.07, 6.45) is 2.13. The molecule has 1 heterocycles. The number of para-hydroxylation sites is 1. The molecule has 4 unspecified atom stereocenters. The van der Waals surface area contributed by atoms with E-state index in [2.05, 4.69) is 25.9 Å². The molecule has 4 atom stereocenters. The van der Waals surface area contributed by atoms with E-state index in [1.807, 2.05) is 24.3 Å². The molecule has 0 fully saturated rings. The monoisotopic (exact) mass is 610 g/mol. The summed E-state index contributed by atoms with van der Waals surface area (Å²) in [5.74, 6) is -3.74. The van der Waals surface area contributed by atoms with Gasteiger partial charge in [0.15, 0.2) is 5.96 Å². The van der Waals surface area contributed by atoms with Crippen molar-refractivity contribution in [2.75, 3.05) is 13.2 Å². The summed E-state index contributed by atoms with van der Waals surface area (Å²) in [6.45, 7) is -0.700. The van der Waals surface area contributed by atoms with Crippen LogP contribution in [0.3, 0.4) is 0 Å². The minimum atomic E-state index is -1.60. The van der Waals surface area contributed by atoms with Gasteiger partial charge in [-0.25, -0.2) is 4.79 Å². The number of aliphatic imine (C=N–C) groups is 1. The van der Waals surface area contributed by atoms with Crippen molar-refractivity contribution in [3.05, 3.63) is 65.9 Å². The summed E-state index contributed by atoms with van der Waals surface area (Å²) in [5.41, 5.74) is 19.0. The van der Waals surface area contributed by atoms with Crippen LogP contribution < -0.4 is 33.2 Å². The van der Waals surface area contributed by atoms with Crippen LogP contribution in [0, 0.1) is 0 Å². The Hall–Kier alpha value is -5.15. The van der Waals surface area contributed by atoms with Gasteiger partial charge in [0.25, 0.3) is 0 Å². The minimum Gasteiger partial charge on any atom is -0.508 e. The molecule has 0 spiro atoms. The Morgan fingerprint density at radius 2 is 1.50 bits per heavy atom. The Balaban J connectivity index is 1.82. The highest BCUT2D eigenvalue weighted by Gasteiger charge is 2.31. The lowest BCUT2D eigenvalue weighted by Crippen LogP contribution is -2.58. The third-order valence-corrected chi connectivity index (χ3v) is 6.84. The number of guanidine groups is 1. The van der Waals surface area contributed by atoms with E-state index in [9.17, 15) is 34.5 Å². The second-order valence-electron chi connectivity index (χ2n) is 10.2. The number of carboxylic acids is 1. The number of amides is 3. The number of aliphatic carboxylic acids is 1. The fourth-order valence-electron chi connectivity index (χ4n) is 4.49. The van der Waals surface area contributed by atoms with Crippen molar-refractivity contribution in [2.24, 2.45) is 22.2 Å². The molecule has 236 valence electrons. The maximum absolute atomic E-state index is 13.6. The van der Waals surface area contributed by atoms with Crippen LogP contribution in [-0.2, 0) is 32.0 Å². The first-order valence-corrected chi connectivity index (χ1v) is 13.9. The lowest BCUT2D eigenvalue weighted by Gasteiger charge is -2.25. The average Bonchev–Trinajstić information content (AvgIpc) is 3.40. The smallest absolute Gasteiger partial charge is 0.328 e. The third-order valence-electron chi connectivity index (χ3n) is 6.84. The van der Waals surface area contributed by atoms with Gasteiger partial charge in [-0.2, -0.15) is 0 Å². The predicted octanol–water partition coefficient (Wildman–Crippen LogP) is -1.43. The number of aromatic amines is 1. The lowest BCUT2D eigenvalue weighted by atomic mass is 10.0. The van der Waals surface area contributed by atoms with Crippen LogP contribution in [0.15, 0.2) is 59.7 Å². The quantitative estimate of drug-likeness (QED) is 0.0513. The molecule has 0 saturated carbocycles. The van der Waals surface area contributed by atoms with Gasteiger partial charge in [0.1, 0.15) is 23.9 Å². The van der Waals surface area contributed by atoms with E-state index < -0.39 is 54.5 Å². The second-order valence-corrected chi connectivity index (χ2v) is 10.2. The van der Waals surface area contributed by atoms with Gasteiger partial charge < -0.3 is 53.5 Å². The van der Waals surface area contributed by atoms with Gasteiger partial charge in [-0.1, -0.05) is 30.3 Å². The van der Waals surface area contributed by atoms with E-state index in [1.165, 1.54) is 12.1 Å². The fraction of sp³-hybridized carbons (Fsp3) is 0.345. The molecule has 0 bridgehead atoms. The van der Waals surface area contributed by atoms with Crippen LogP contribution in [0.25, 0.3) is 10.9 Å². The summed E-state index contributed by atoms with van der Waals surface area (Å²) in [4.78, 5) is 58.3. The summed E-state index contributed by atoms with van der Waals surface area (Å²) in [7, 11) is 0. The van der Waals surface area contributed by atoms with Crippen LogP contribution in [0.2, 0.25) is 0 Å². The number of aromatic nitrogens is 1. The molecule has 15 nitrogen and oxygen atoms in total. The molecule has 3 rings (SSSR count). The summed E-state index contributed by atoms with van der Waals surface area (Å²) < 4.78 is 0. The number of carbonyl (C=O) groups is 4. The van der Waals surface area contributed by atoms with Crippen molar-refractivity contribution in [1.29, 1.82) is 0 Å². The molecule has 15 heteroatoms. The average molecular weight is 611 g/mol. The number of carboxylic acid groups (broad SMARTS) is 1. The molecule has 3 amide bonds. The molecule has 0 aliphatic heterocycles. The van der Waals surface area contributed by atoms with Gasteiger partial charge in [-0.05, 0) is 48.6 Å². The number of fused-ring (bicyclic) bond motifs is 1. The number of aliphatic hydroxyl groups excluding tert-OH is 1. The topological polar surface area (TPSA) is 271 Å². The van der Waals surface area contributed by atoms with Crippen molar-refractivity contribution >= 4 is 40.6 Å². The Bertz CT molecular complexity index is 1470. The van der Waals surface area contributed by atoms with Gasteiger partial charge >= 0.3 is 5.97 Å². The van der Waals surface area contributed by atoms with Crippen LogP contribution in [-0.4, -0.2) is 87.3 Å². The summed E-state index contributed by atoms with van der Waals surface area (Å²) in [5, 5.41) is 36.6. The molecular formula is C29H38N8O7. The SMILES string of the molecule is NC(N)=NCCCC(NC(=O)C(N)Cc1ccc(O)cc1)C(=O)NC(Cc1c[nH]c2ccccc12)C(=O)NC(CO)C(=O)O. The molecular weight excluding hydrogens is 572 g/mol. The first-order valence-electron chi connectivity index (χ1n) is 13.9.